The molecule has 1 fully saturated rings. The summed E-state index contributed by atoms with van der Waals surface area (Å²) < 4.78 is 48.3. The van der Waals surface area contributed by atoms with Crippen LogP contribution >= 0.6 is 0 Å². The zero-order valence-electron chi connectivity index (χ0n) is 33.3. The predicted molar refractivity (Wildman–Crippen MR) is 210 cm³/mol. The van der Waals surface area contributed by atoms with Gasteiger partial charge in [-0.2, -0.15) is 13.2 Å². The van der Waals surface area contributed by atoms with Crippen molar-refractivity contribution in [3.05, 3.63) is 72.6 Å². The van der Waals surface area contributed by atoms with Gasteiger partial charge in [0.25, 0.3) is 0 Å². The highest BCUT2D eigenvalue weighted by Crippen LogP contribution is 2.34. The lowest BCUT2D eigenvalue weighted by molar-refractivity contribution is -0.143. The minimum Gasteiger partial charge on any atom is -0.453 e. The van der Waals surface area contributed by atoms with E-state index < -0.39 is 55.2 Å². The Labute approximate surface area is 335 Å². The molecule has 4 amide bonds. The van der Waals surface area contributed by atoms with Crippen LogP contribution in [0.5, 0.6) is 0 Å². The Hall–Kier alpha value is -5.87. The quantitative estimate of drug-likeness (QED) is 0.0908. The van der Waals surface area contributed by atoms with Crippen LogP contribution in [0.25, 0.3) is 33.6 Å². The van der Waals surface area contributed by atoms with Gasteiger partial charge in [0.15, 0.2) is 0 Å². The molecule has 1 aliphatic rings. The smallest absolute Gasteiger partial charge is 0.407 e. The third-order valence-corrected chi connectivity index (χ3v) is 10.1. The average Bonchev–Trinajstić information content (AvgIpc) is 4.01. The number of methoxy groups -OCH3 is 2. The summed E-state index contributed by atoms with van der Waals surface area (Å²) in [6, 6.07) is 13.2. The molecule has 58 heavy (non-hydrogen) atoms. The third-order valence-electron chi connectivity index (χ3n) is 10.1. The number of amides is 4. The second-order valence-electron chi connectivity index (χ2n) is 14.6. The fourth-order valence-corrected chi connectivity index (χ4v) is 6.90. The van der Waals surface area contributed by atoms with Crippen LogP contribution in [-0.2, 0) is 25.6 Å². The number of aromatic nitrogens is 4. The minimum atomic E-state index is -4.49. The van der Waals surface area contributed by atoms with E-state index in [1.54, 1.807) is 17.3 Å². The fraction of sp³-hybridized carbons (Fsp3) is 0.463. The zero-order chi connectivity index (χ0) is 42.0. The van der Waals surface area contributed by atoms with Crippen molar-refractivity contribution in [2.45, 2.75) is 90.1 Å². The third kappa shape index (κ3) is 11.2. The van der Waals surface area contributed by atoms with E-state index in [0.29, 0.717) is 43.3 Å². The number of rotatable bonds is 16. The van der Waals surface area contributed by atoms with Crippen LogP contribution in [0.2, 0.25) is 0 Å². The van der Waals surface area contributed by atoms with Crippen molar-refractivity contribution >= 4 is 24.0 Å². The normalized spacial score (nSPS) is 15.2. The predicted octanol–water partition coefficient (Wildman–Crippen LogP) is 7.37. The van der Waals surface area contributed by atoms with Crippen molar-refractivity contribution in [3.8, 4) is 33.6 Å². The molecule has 14 nitrogen and oxygen atoms in total. The molecule has 0 saturated carbocycles. The maximum absolute atomic E-state index is 13.5. The van der Waals surface area contributed by atoms with Gasteiger partial charge in [0, 0.05) is 19.5 Å². The average molecular weight is 809 g/mol. The van der Waals surface area contributed by atoms with E-state index in [4.69, 9.17) is 4.74 Å². The molecule has 4 N–H and O–H groups in total. The van der Waals surface area contributed by atoms with Gasteiger partial charge in [0.05, 0.1) is 50.6 Å². The molecule has 3 atom stereocenters. The highest BCUT2D eigenvalue weighted by molar-refractivity contribution is 5.87. The maximum Gasteiger partial charge on any atom is 0.407 e. The number of likely N-dealkylation sites (tertiary alicyclic amines) is 1. The van der Waals surface area contributed by atoms with Gasteiger partial charge in [0.1, 0.15) is 23.7 Å². The van der Waals surface area contributed by atoms with Gasteiger partial charge in [-0.3, -0.25) is 9.59 Å². The van der Waals surface area contributed by atoms with Crippen molar-refractivity contribution in [3.63, 3.8) is 0 Å². The summed E-state index contributed by atoms with van der Waals surface area (Å²) in [5, 5.41) is 4.93. The molecule has 3 heterocycles. The van der Waals surface area contributed by atoms with Crippen LogP contribution in [-0.4, -0.2) is 99.3 Å². The van der Waals surface area contributed by atoms with E-state index in [9.17, 15) is 32.3 Å². The number of halogens is 3. The number of unbranched alkanes of at least 4 members (excludes halogenated alkanes) is 1. The second kappa shape index (κ2) is 19.5. The number of ether oxygens (including phenoxy) is 2. The topological polar surface area (TPSA) is 175 Å². The van der Waals surface area contributed by atoms with Crippen LogP contribution in [0.3, 0.4) is 0 Å². The number of nitrogens with zero attached hydrogens (tertiary/aromatic N) is 4. The molecule has 0 aliphatic carbocycles. The van der Waals surface area contributed by atoms with E-state index in [0.717, 1.165) is 47.9 Å². The lowest BCUT2D eigenvalue weighted by Crippen LogP contribution is -2.51. The number of benzene rings is 2. The molecule has 0 bridgehead atoms. The molecular formula is C41H51F3N8O6. The van der Waals surface area contributed by atoms with Gasteiger partial charge >= 0.3 is 18.4 Å². The number of alkyl halides is 3. The molecule has 1 aliphatic heterocycles. The van der Waals surface area contributed by atoms with E-state index in [1.807, 2.05) is 69.3 Å². The van der Waals surface area contributed by atoms with Crippen molar-refractivity contribution in [2.24, 2.45) is 5.92 Å². The van der Waals surface area contributed by atoms with Gasteiger partial charge in [-0.1, -0.05) is 75.7 Å². The van der Waals surface area contributed by atoms with Gasteiger partial charge in [-0.25, -0.2) is 19.6 Å². The molecule has 0 radical (unpaired) electrons. The summed E-state index contributed by atoms with van der Waals surface area (Å²) in [7, 11) is 2.35. The Kier molecular flexibility index (Phi) is 14.6. The number of H-pyrrole nitrogens is 2. The van der Waals surface area contributed by atoms with E-state index in [-0.39, 0.29) is 18.4 Å². The van der Waals surface area contributed by atoms with Crippen molar-refractivity contribution < 1.29 is 41.8 Å². The number of aromatic amines is 2. The monoisotopic (exact) mass is 808 g/mol. The minimum absolute atomic E-state index is 0.146. The molecule has 2 aromatic carbocycles. The van der Waals surface area contributed by atoms with Crippen molar-refractivity contribution in [1.29, 1.82) is 0 Å². The van der Waals surface area contributed by atoms with Crippen LogP contribution in [0.15, 0.2) is 60.9 Å². The molecule has 5 rings (SSSR count). The highest BCUT2D eigenvalue weighted by atomic mass is 19.4. The number of hydrogen-bond acceptors (Lipinski definition) is 8. The number of carbonyl (C=O) groups excluding carboxylic acids is 4. The summed E-state index contributed by atoms with van der Waals surface area (Å²) in [5.74, 6) is 0.159. The van der Waals surface area contributed by atoms with Crippen molar-refractivity contribution in [2.75, 3.05) is 27.3 Å². The lowest BCUT2D eigenvalue weighted by Gasteiger charge is -2.29. The van der Waals surface area contributed by atoms with Crippen molar-refractivity contribution in [1.82, 2.24) is 40.4 Å². The summed E-state index contributed by atoms with van der Waals surface area (Å²) in [4.78, 5) is 69.7. The van der Waals surface area contributed by atoms with E-state index in [1.165, 1.54) is 12.0 Å². The Morgan fingerprint density at radius 2 is 1.45 bits per heavy atom. The highest BCUT2D eigenvalue weighted by Gasteiger charge is 2.38. The molecule has 17 heteroatoms. The Bertz CT molecular complexity index is 2000. The van der Waals surface area contributed by atoms with Crippen LogP contribution in [0, 0.1) is 5.92 Å². The first-order chi connectivity index (χ1) is 27.7. The van der Waals surface area contributed by atoms with Gasteiger partial charge in [-0.05, 0) is 53.9 Å². The first kappa shape index (κ1) is 43.3. The molecule has 2 aromatic heterocycles. The number of hydrogen-bond donors (Lipinski definition) is 4. The van der Waals surface area contributed by atoms with Gasteiger partial charge in [0.2, 0.25) is 11.8 Å². The van der Waals surface area contributed by atoms with E-state index >= 15 is 0 Å². The zero-order valence-corrected chi connectivity index (χ0v) is 33.3. The van der Waals surface area contributed by atoms with Crippen LogP contribution < -0.4 is 10.6 Å². The second-order valence-corrected chi connectivity index (χ2v) is 14.6. The molecular weight excluding hydrogens is 757 g/mol. The van der Waals surface area contributed by atoms with Gasteiger partial charge < -0.3 is 39.9 Å². The van der Waals surface area contributed by atoms with Gasteiger partial charge in [-0.15, -0.1) is 0 Å². The molecule has 312 valence electrons. The SMILES string of the molecule is CCCCN(Cc1ncc(-c2ccc(-c3ccc(-c4cnc([C@@H]5CCCN5C(=O)[C@H](CCC(F)(F)F)NC(=O)OC)[nH]4)cc3)cc2)[nH]1)C(=O)[C@@H](NC(=O)OC)C(C)C. The number of carbonyl (C=O) groups is 4. The molecule has 1 saturated heterocycles. The molecule has 0 unspecified atom stereocenters. The van der Waals surface area contributed by atoms with Crippen LogP contribution in [0.1, 0.15) is 77.0 Å². The number of imidazole rings is 2. The first-order valence-electron chi connectivity index (χ1n) is 19.4. The lowest BCUT2D eigenvalue weighted by atomic mass is 10.0. The molecule has 0 spiro atoms. The summed E-state index contributed by atoms with van der Waals surface area (Å²) >= 11 is 0. The largest absolute Gasteiger partial charge is 0.453 e. The fourth-order valence-electron chi connectivity index (χ4n) is 6.90. The summed E-state index contributed by atoms with van der Waals surface area (Å²) in [5.41, 5.74) is 5.22. The maximum atomic E-state index is 13.5. The van der Waals surface area contributed by atoms with E-state index in [2.05, 4.69) is 35.3 Å². The molecule has 4 aromatic rings. The summed E-state index contributed by atoms with van der Waals surface area (Å²) in [6.07, 6.45) is -1.69. The number of alkyl carbamates (subject to hydrolysis) is 2. The van der Waals surface area contributed by atoms with Crippen LogP contribution in [0.4, 0.5) is 22.8 Å². The Balaban J connectivity index is 1.24. The first-order valence-corrected chi connectivity index (χ1v) is 19.4. The summed E-state index contributed by atoms with van der Waals surface area (Å²) in [6.45, 7) is 6.88. The Morgan fingerprint density at radius 3 is 2.02 bits per heavy atom. The standard InChI is InChI=1S/C41H51F3N8O6/c1-6-7-20-51(38(54)35(25(2)3)50-40(56)58-5)24-34-45-22-31(47-34)28-14-10-26(11-15-28)27-12-16-29(17-13-27)32-23-46-36(48-32)33-9-8-21-52(33)37(53)30(49-39(55)57-4)18-19-41(42,43)44/h10-17,22-23,25,30,33,35H,6-9,18-21,24H2,1-5H3,(H,45,47)(H,46,48)(H,49,55)(H,50,56)/t30-,33-,35-/m0/s1. The number of nitrogens with one attached hydrogen (secondary N) is 4. The Morgan fingerprint density at radius 1 is 0.879 bits per heavy atom.